The molecule has 6 heteroatoms. The molecule has 0 unspecified atom stereocenters. The van der Waals surface area contributed by atoms with Crippen LogP contribution in [0.5, 0.6) is 5.75 Å². The Morgan fingerprint density at radius 3 is 2.42 bits per heavy atom. The number of nitrogens with one attached hydrogen (secondary N) is 1. The zero-order valence-electron chi connectivity index (χ0n) is 13.9. The predicted molar refractivity (Wildman–Crippen MR) is 92.4 cm³/mol. The number of ether oxygens (including phenoxy) is 1. The Balaban J connectivity index is 1.92. The minimum atomic E-state index is -0.510. The van der Waals surface area contributed by atoms with E-state index >= 15 is 0 Å². The van der Waals surface area contributed by atoms with Crippen molar-refractivity contribution < 1.29 is 14.5 Å². The molecular formula is C18H20N2O4. The second-order valence-corrected chi connectivity index (χ2v) is 6.42. The number of carbonyl (C=O) groups is 1. The third-order valence-electron chi connectivity index (χ3n) is 3.43. The fourth-order valence-electron chi connectivity index (χ4n) is 2.09. The van der Waals surface area contributed by atoms with Crippen LogP contribution in [-0.4, -0.2) is 17.4 Å². The summed E-state index contributed by atoms with van der Waals surface area (Å²) in [5.41, 5.74) is 1.82. The van der Waals surface area contributed by atoms with Crippen LogP contribution in [0.3, 0.4) is 0 Å². The van der Waals surface area contributed by atoms with Gasteiger partial charge in [-0.15, -0.1) is 0 Å². The van der Waals surface area contributed by atoms with E-state index in [1.54, 1.807) is 6.07 Å². The molecule has 1 N–H and O–H groups in total. The third kappa shape index (κ3) is 4.81. The monoisotopic (exact) mass is 328 g/mol. The zero-order valence-corrected chi connectivity index (χ0v) is 13.9. The summed E-state index contributed by atoms with van der Waals surface area (Å²) in [5, 5.41) is 13.4. The number of nitro benzene ring substituents is 1. The molecule has 0 aliphatic carbocycles. The van der Waals surface area contributed by atoms with Crippen LogP contribution in [0.2, 0.25) is 0 Å². The van der Waals surface area contributed by atoms with Crippen molar-refractivity contribution in [2.75, 3.05) is 11.9 Å². The molecular weight excluding hydrogens is 308 g/mol. The van der Waals surface area contributed by atoms with E-state index in [4.69, 9.17) is 4.74 Å². The summed E-state index contributed by atoms with van der Waals surface area (Å²) in [6, 6.07) is 13.3. The van der Waals surface area contributed by atoms with Crippen LogP contribution in [0.25, 0.3) is 0 Å². The smallest absolute Gasteiger partial charge is 0.273 e. The Morgan fingerprint density at radius 2 is 1.83 bits per heavy atom. The Hall–Kier alpha value is -2.89. The van der Waals surface area contributed by atoms with Crippen molar-refractivity contribution in [1.82, 2.24) is 0 Å². The van der Waals surface area contributed by atoms with Gasteiger partial charge in [-0.25, -0.2) is 0 Å². The summed E-state index contributed by atoms with van der Waals surface area (Å²) in [7, 11) is 0. The number of rotatable bonds is 5. The Labute approximate surface area is 140 Å². The van der Waals surface area contributed by atoms with E-state index in [0.29, 0.717) is 5.69 Å². The van der Waals surface area contributed by atoms with Crippen molar-refractivity contribution in [3.8, 4) is 5.75 Å². The van der Waals surface area contributed by atoms with E-state index in [9.17, 15) is 14.9 Å². The van der Waals surface area contributed by atoms with Crippen LogP contribution in [0, 0.1) is 10.1 Å². The number of nitro groups is 1. The largest absolute Gasteiger partial charge is 0.484 e. The molecule has 0 fully saturated rings. The first-order valence-electron chi connectivity index (χ1n) is 7.53. The van der Waals surface area contributed by atoms with E-state index in [1.807, 2.05) is 24.3 Å². The number of nitrogens with zero attached hydrogens (tertiary/aromatic N) is 1. The molecule has 0 radical (unpaired) electrons. The number of amides is 1. The average Bonchev–Trinajstić information content (AvgIpc) is 2.53. The van der Waals surface area contributed by atoms with Crippen molar-refractivity contribution in [3.63, 3.8) is 0 Å². The lowest BCUT2D eigenvalue weighted by Crippen LogP contribution is -2.20. The second kappa shape index (κ2) is 7.12. The van der Waals surface area contributed by atoms with Crippen molar-refractivity contribution in [1.29, 1.82) is 0 Å². The number of hydrogen-bond acceptors (Lipinski definition) is 4. The molecule has 0 atom stereocenters. The lowest BCUT2D eigenvalue weighted by atomic mass is 9.87. The predicted octanol–water partition coefficient (Wildman–Crippen LogP) is 3.91. The fourth-order valence-corrected chi connectivity index (χ4v) is 2.09. The van der Waals surface area contributed by atoms with Crippen LogP contribution in [0.15, 0.2) is 48.5 Å². The van der Waals surface area contributed by atoms with Crippen molar-refractivity contribution in [2.45, 2.75) is 26.2 Å². The van der Waals surface area contributed by atoms with Gasteiger partial charge in [0, 0.05) is 11.8 Å². The summed E-state index contributed by atoms with van der Waals surface area (Å²) in [6.07, 6.45) is 0. The van der Waals surface area contributed by atoms with E-state index in [-0.39, 0.29) is 29.4 Å². The second-order valence-electron chi connectivity index (χ2n) is 6.42. The highest BCUT2D eigenvalue weighted by atomic mass is 16.6. The van der Waals surface area contributed by atoms with Gasteiger partial charge in [-0.1, -0.05) is 39.0 Å². The van der Waals surface area contributed by atoms with Crippen molar-refractivity contribution in [2.24, 2.45) is 0 Å². The lowest BCUT2D eigenvalue weighted by Gasteiger charge is -2.19. The van der Waals surface area contributed by atoms with Crippen molar-refractivity contribution >= 4 is 17.3 Å². The van der Waals surface area contributed by atoms with Gasteiger partial charge in [-0.3, -0.25) is 14.9 Å². The standard InChI is InChI=1S/C18H20N2O4/c1-18(2,3)13-7-9-14(10-8-13)19-17(21)12-24-16-6-4-5-15(11-16)20(22)23/h4-11H,12H2,1-3H3,(H,19,21). The van der Waals surface area contributed by atoms with Crippen LogP contribution in [-0.2, 0) is 10.2 Å². The maximum Gasteiger partial charge on any atom is 0.273 e. The van der Waals surface area contributed by atoms with Gasteiger partial charge in [0.15, 0.2) is 6.61 Å². The summed E-state index contributed by atoms with van der Waals surface area (Å²) in [4.78, 5) is 22.1. The van der Waals surface area contributed by atoms with Gasteiger partial charge in [-0.2, -0.15) is 0 Å². The highest BCUT2D eigenvalue weighted by Gasteiger charge is 2.13. The van der Waals surface area contributed by atoms with Crippen LogP contribution < -0.4 is 10.1 Å². The van der Waals surface area contributed by atoms with Gasteiger partial charge in [-0.05, 0) is 29.2 Å². The fraction of sp³-hybridized carbons (Fsp3) is 0.278. The molecule has 0 aliphatic heterocycles. The van der Waals surface area contributed by atoms with E-state index in [2.05, 4.69) is 26.1 Å². The number of benzene rings is 2. The summed E-state index contributed by atoms with van der Waals surface area (Å²) >= 11 is 0. The highest BCUT2D eigenvalue weighted by Crippen LogP contribution is 2.23. The Bertz CT molecular complexity index is 733. The minimum absolute atomic E-state index is 0.0493. The average molecular weight is 328 g/mol. The number of carbonyl (C=O) groups excluding carboxylic acids is 1. The first-order valence-corrected chi connectivity index (χ1v) is 7.53. The maximum atomic E-state index is 11.9. The number of anilines is 1. The van der Waals surface area contributed by atoms with Gasteiger partial charge in [0.2, 0.25) is 0 Å². The van der Waals surface area contributed by atoms with E-state index in [0.717, 1.165) is 0 Å². The molecule has 0 aliphatic rings. The van der Waals surface area contributed by atoms with E-state index in [1.165, 1.54) is 23.8 Å². The first kappa shape index (κ1) is 17.5. The summed E-state index contributed by atoms with van der Waals surface area (Å²) < 4.78 is 5.29. The minimum Gasteiger partial charge on any atom is -0.484 e. The molecule has 0 bridgehead atoms. The van der Waals surface area contributed by atoms with E-state index < -0.39 is 4.92 Å². The summed E-state index contributed by atoms with van der Waals surface area (Å²) in [5.74, 6) is -0.0487. The topological polar surface area (TPSA) is 81.5 Å². The quantitative estimate of drug-likeness (QED) is 0.666. The van der Waals surface area contributed by atoms with Crippen LogP contribution >= 0.6 is 0 Å². The van der Waals surface area contributed by atoms with Gasteiger partial charge >= 0.3 is 0 Å². The van der Waals surface area contributed by atoms with Crippen LogP contribution in [0.1, 0.15) is 26.3 Å². The SMILES string of the molecule is CC(C)(C)c1ccc(NC(=O)COc2cccc([N+](=O)[O-])c2)cc1. The van der Waals surface area contributed by atoms with Gasteiger partial charge in [0.05, 0.1) is 11.0 Å². The molecule has 0 spiro atoms. The number of hydrogen-bond donors (Lipinski definition) is 1. The molecule has 126 valence electrons. The highest BCUT2D eigenvalue weighted by molar-refractivity contribution is 5.91. The molecule has 24 heavy (non-hydrogen) atoms. The molecule has 2 aromatic carbocycles. The third-order valence-corrected chi connectivity index (χ3v) is 3.43. The molecule has 1 amide bonds. The normalized spacial score (nSPS) is 11.0. The van der Waals surface area contributed by atoms with Crippen molar-refractivity contribution in [3.05, 3.63) is 64.2 Å². The molecule has 0 aromatic heterocycles. The molecule has 2 aromatic rings. The molecule has 6 nitrogen and oxygen atoms in total. The molecule has 0 heterocycles. The molecule has 0 saturated heterocycles. The first-order chi connectivity index (χ1) is 11.3. The molecule has 0 saturated carbocycles. The van der Waals surface area contributed by atoms with Crippen LogP contribution in [0.4, 0.5) is 11.4 Å². The zero-order chi connectivity index (χ0) is 17.7. The maximum absolute atomic E-state index is 11.9. The Morgan fingerprint density at radius 1 is 1.17 bits per heavy atom. The summed E-state index contributed by atoms with van der Waals surface area (Å²) in [6.45, 7) is 6.14. The lowest BCUT2D eigenvalue weighted by molar-refractivity contribution is -0.384. The van der Waals surface area contributed by atoms with Gasteiger partial charge < -0.3 is 10.1 Å². The Kier molecular flexibility index (Phi) is 5.18. The molecule has 2 rings (SSSR count). The van der Waals surface area contributed by atoms with Gasteiger partial charge in [0.1, 0.15) is 5.75 Å². The van der Waals surface area contributed by atoms with Gasteiger partial charge in [0.25, 0.3) is 11.6 Å². The number of non-ortho nitro benzene ring substituents is 1.